The van der Waals surface area contributed by atoms with Crippen molar-refractivity contribution in [1.29, 1.82) is 0 Å². The predicted molar refractivity (Wildman–Crippen MR) is 18.6 cm³/mol. The Morgan fingerprint density at radius 3 is 1.00 bits per heavy atom. The molecule has 0 aliphatic rings. The average molecular weight is 114 g/mol. The molecule has 0 heterocycles. The standard InChI is InChI=1S/2CH3.Fe.Si/h2*1H3;;/q2*-1;;. The van der Waals surface area contributed by atoms with E-state index in [9.17, 15) is 0 Å². The summed E-state index contributed by atoms with van der Waals surface area (Å²) in [5.74, 6) is 0. The Kier molecular flexibility index (Phi) is 283. The van der Waals surface area contributed by atoms with E-state index in [1.54, 1.807) is 0 Å². The van der Waals surface area contributed by atoms with Crippen LogP contribution in [0.2, 0.25) is 0 Å². The number of hydrogen-bond acceptors (Lipinski definition) is 0. The summed E-state index contributed by atoms with van der Waals surface area (Å²) in [6, 6.07) is 0. The molecule has 2 heteroatoms. The molecule has 28 valence electrons. The van der Waals surface area contributed by atoms with Gasteiger partial charge in [-0.25, -0.2) is 0 Å². The third-order valence-electron chi connectivity index (χ3n) is 0. The molecular formula is C2H6FeSi-2. The van der Waals surface area contributed by atoms with E-state index in [-0.39, 0.29) is 14.9 Å². The molecule has 0 nitrogen and oxygen atoms in total. The molecule has 0 rings (SSSR count). The molecule has 0 aromatic rings. The minimum atomic E-state index is 0. The molecule has 0 aliphatic heterocycles. The van der Waals surface area contributed by atoms with Crippen LogP contribution in [0.4, 0.5) is 0 Å². The molecule has 0 amide bonds. The normalized spacial score (nSPS) is 1.25. The molecule has 2 radical (unpaired) electrons. The molecule has 0 saturated carbocycles. The molecular weight excluding hydrogens is 108 g/mol. The van der Waals surface area contributed by atoms with Crippen molar-refractivity contribution in [3.63, 3.8) is 0 Å². The van der Waals surface area contributed by atoms with Crippen molar-refractivity contribution in [2.24, 2.45) is 0 Å². The maximum atomic E-state index is 3.06. The quantitative estimate of drug-likeness (QED) is 0.318. The van der Waals surface area contributed by atoms with Gasteiger partial charge in [0.25, 0.3) is 0 Å². The molecule has 4 heavy (non-hydrogen) atoms. The van der Waals surface area contributed by atoms with Crippen molar-refractivity contribution in [3.05, 3.63) is 14.9 Å². The van der Waals surface area contributed by atoms with Gasteiger partial charge >= 0.3 is 23.3 Å². The Bertz CT molecular complexity index is 6.00. The van der Waals surface area contributed by atoms with Gasteiger partial charge in [0.05, 0.1) is 0 Å². The summed E-state index contributed by atoms with van der Waals surface area (Å²) in [6.07, 6.45) is 0. The zero-order chi connectivity index (χ0) is 2.00. The second kappa shape index (κ2) is 51.6. The second-order valence-electron chi connectivity index (χ2n) is 0. The summed E-state index contributed by atoms with van der Waals surface area (Å²) in [5.41, 5.74) is 0. The van der Waals surface area contributed by atoms with Gasteiger partial charge in [-0.2, -0.15) is 0 Å². The molecule has 0 saturated heterocycles. The van der Waals surface area contributed by atoms with Gasteiger partial charge in [0.15, 0.2) is 0 Å². The first-order valence-corrected chi connectivity index (χ1v) is 2.19. The van der Waals surface area contributed by atoms with Crippen LogP contribution in [0.15, 0.2) is 0 Å². The first kappa shape index (κ1) is 21.9. The fourth-order valence-electron chi connectivity index (χ4n) is 0. The van der Waals surface area contributed by atoms with Gasteiger partial charge in [-0.3, -0.25) is 0 Å². The van der Waals surface area contributed by atoms with Gasteiger partial charge in [-0.15, -0.1) is 0 Å². The molecule has 0 fully saturated rings. The molecule has 0 atom stereocenters. The van der Waals surface area contributed by atoms with Crippen molar-refractivity contribution >= 4 is 8.39 Å². The summed E-state index contributed by atoms with van der Waals surface area (Å²) in [4.78, 5) is 0. The average Bonchev–Trinajstić information content (AvgIpc) is 1.00. The van der Waals surface area contributed by atoms with Crippen molar-refractivity contribution in [2.45, 2.75) is 0 Å². The molecule has 0 spiro atoms. The zero-order valence-electron chi connectivity index (χ0n) is 2.85. The summed E-state index contributed by atoms with van der Waals surface area (Å²) < 4.78 is 0. The van der Waals surface area contributed by atoms with Gasteiger partial charge in [0, 0.05) is 0 Å². The molecule has 0 aliphatic carbocycles. The Labute approximate surface area is 38.7 Å². The summed E-state index contributed by atoms with van der Waals surface area (Å²) in [7, 11) is 2.72. The van der Waals surface area contributed by atoms with Crippen LogP contribution in [0, 0.1) is 14.9 Å². The van der Waals surface area contributed by atoms with E-state index in [1.165, 1.54) is 0 Å². The molecule has 0 aromatic carbocycles. The molecule has 0 bridgehead atoms. The van der Waals surface area contributed by atoms with Crippen molar-refractivity contribution in [1.82, 2.24) is 0 Å². The van der Waals surface area contributed by atoms with Crippen LogP contribution in [-0.2, 0) is 14.9 Å². The number of rotatable bonds is 0. The van der Waals surface area contributed by atoms with Gasteiger partial charge in [-0.05, 0) is 0 Å². The van der Waals surface area contributed by atoms with Crippen LogP contribution in [0.25, 0.3) is 0 Å². The monoisotopic (exact) mass is 114 g/mol. The van der Waals surface area contributed by atoms with E-state index in [0.29, 0.717) is 0 Å². The Hall–Kier alpha value is 0.736. The first-order chi connectivity index (χ1) is 1.00. The summed E-state index contributed by atoms with van der Waals surface area (Å²) >= 11 is 3.06. The SMILES string of the molecule is [CH3-].[CH3-].[Si]=[Fe]. The van der Waals surface area contributed by atoms with Gasteiger partial charge in [0.2, 0.25) is 0 Å². The predicted octanol–water partition coefficient (Wildman–Crippen LogP) is 0.517. The van der Waals surface area contributed by atoms with Crippen LogP contribution >= 0.6 is 0 Å². The van der Waals surface area contributed by atoms with E-state index in [4.69, 9.17) is 0 Å². The Morgan fingerprint density at radius 2 is 1.00 bits per heavy atom. The van der Waals surface area contributed by atoms with E-state index < -0.39 is 0 Å². The minimum absolute atomic E-state index is 0. The van der Waals surface area contributed by atoms with E-state index in [1.807, 2.05) is 0 Å². The Balaban J connectivity index is -0.00000000500. The van der Waals surface area contributed by atoms with Crippen LogP contribution < -0.4 is 0 Å². The van der Waals surface area contributed by atoms with Crippen LogP contribution in [0.5, 0.6) is 0 Å². The van der Waals surface area contributed by atoms with Crippen LogP contribution in [-0.4, -0.2) is 8.39 Å². The summed E-state index contributed by atoms with van der Waals surface area (Å²) in [5, 5.41) is 0. The van der Waals surface area contributed by atoms with Gasteiger partial charge in [-0.1, -0.05) is 0 Å². The third kappa shape index (κ3) is 15.2. The Morgan fingerprint density at radius 1 is 1.00 bits per heavy atom. The van der Waals surface area contributed by atoms with Crippen molar-refractivity contribution in [3.8, 4) is 0 Å². The first-order valence-electron chi connectivity index (χ1n) is 0.177. The topological polar surface area (TPSA) is 0 Å². The van der Waals surface area contributed by atoms with E-state index in [0.717, 1.165) is 0 Å². The zero-order valence-corrected chi connectivity index (χ0v) is 4.96. The van der Waals surface area contributed by atoms with Crippen molar-refractivity contribution < 1.29 is 14.9 Å². The second-order valence-corrected chi connectivity index (χ2v) is 0. The van der Waals surface area contributed by atoms with Crippen molar-refractivity contribution in [2.75, 3.05) is 0 Å². The molecule has 0 unspecified atom stereocenters. The maximum absolute atomic E-state index is 3.06. The van der Waals surface area contributed by atoms with Crippen LogP contribution in [0.1, 0.15) is 0 Å². The van der Waals surface area contributed by atoms with Gasteiger partial charge < -0.3 is 14.9 Å². The van der Waals surface area contributed by atoms with E-state index in [2.05, 4.69) is 23.3 Å². The molecule has 0 N–H and O–H groups in total. The fourth-order valence-corrected chi connectivity index (χ4v) is 0. The molecule has 0 aromatic heterocycles. The van der Waals surface area contributed by atoms with Gasteiger partial charge in [0.1, 0.15) is 0 Å². The number of hydrogen-bond donors (Lipinski definition) is 0. The third-order valence-corrected chi connectivity index (χ3v) is 0. The summed E-state index contributed by atoms with van der Waals surface area (Å²) in [6.45, 7) is 0. The van der Waals surface area contributed by atoms with E-state index >= 15 is 0 Å². The fraction of sp³-hybridized carbons (Fsp3) is 0. The van der Waals surface area contributed by atoms with Crippen LogP contribution in [0.3, 0.4) is 0 Å².